The molecule has 0 spiro atoms. The van der Waals surface area contributed by atoms with E-state index in [1.165, 1.54) is 0 Å². The van der Waals surface area contributed by atoms with E-state index in [0.717, 1.165) is 11.3 Å². The number of pyridine rings is 1. The van der Waals surface area contributed by atoms with E-state index in [0.29, 0.717) is 11.4 Å². The molecule has 0 aliphatic rings. The van der Waals surface area contributed by atoms with Crippen LogP contribution in [0.5, 0.6) is 0 Å². The molecule has 0 unspecified atom stereocenters. The maximum Gasteiger partial charge on any atom is 0.251 e. The summed E-state index contributed by atoms with van der Waals surface area (Å²) in [5.74, 6) is -0.119. The van der Waals surface area contributed by atoms with E-state index in [4.69, 9.17) is 0 Å². The van der Waals surface area contributed by atoms with Gasteiger partial charge in [0.05, 0.1) is 0 Å². The molecule has 0 radical (unpaired) electrons. The average Bonchev–Trinajstić information content (AvgIpc) is 2.58. The largest absolute Gasteiger partial charge is 0.340 e. The van der Waals surface area contributed by atoms with E-state index < -0.39 is 6.04 Å². The topological polar surface area (TPSA) is 71.1 Å². The van der Waals surface area contributed by atoms with Gasteiger partial charge in [0.25, 0.3) is 5.91 Å². The standard InChI is InChI=1S/C22H29N3O2/c1-14(2)19(21(27)24-18-9-7-8-15(3)23-18)25-20(26)16-10-12-17(13-11-16)22(4,5)6/h7-14,19H,1-6H3,(H,25,26)(H,23,24,27)/t19-/m1/s1. The summed E-state index contributed by atoms with van der Waals surface area (Å²) in [5, 5.41) is 5.63. The summed E-state index contributed by atoms with van der Waals surface area (Å²) in [4.78, 5) is 29.6. The van der Waals surface area contributed by atoms with Gasteiger partial charge in [-0.05, 0) is 48.1 Å². The minimum Gasteiger partial charge on any atom is -0.340 e. The first-order valence-electron chi connectivity index (χ1n) is 9.24. The third kappa shape index (κ3) is 5.64. The number of aryl methyl sites for hydroxylation is 1. The smallest absolute Gasteiger partial charge is 0.251 e. The molecule has 0 bridgehead atoms. The van der Waals surface area contributed by atoms with Crippen molar-refractivity contribution < 1.29 is 9.59 Å². The number of hydrogen-bond acceptors (Lipinski definition) is 3. The number of nitrogens with zero attached hydrogens (tertiary/aromatic N) is 1. The number of carbonyl (C=O) groups excluding carboxylic acids is 2. The Morgan fingerprint density at radius 1 is 1.00 bits per heavy atom. The molecule has 0 saturated carbocycles. The van der Waals surface area contributed by atoms with Crippen LogP contribution in [0, 0.1) is 12.8 Å². The van der Waals surface area contributed by atoms with Crippen LogP contribution in [0.4, 0.5) is 5.82 Å². The van der Waals surface area contributed by atoms with Gasteiger partial charge in [-0.15, -0.1) is 0 Å². The average molecular weight is 367 g/mol. The van der Waals surface area contributed by atoms with Gasteiger partial charge in [0.2, 0.25) is 5.91 Å². The first kappa shape index (κ1) is 20.6. The summed E-state index contributed by atoms with van der Waals surface area (Å²) < 4.78 is 0. The van der Waals surface area contributed by atoms with Gasteiger partial charge in [0, 0.05) is 11.3 Å². The number of rotatable bonds is 5. The van der Waals surface area contributed by atoms with Crippen LogP contribution in [0.3, 0.4) is 0 Å². The van der Waals surface area contributed by atoms with Crippen molar-refractivity contribution in [2.24, 2.45) is 5.92 Å². The van der Waals surface area contributed by atoms with E-state index in [1.807, 2.05) is 45.0 Å². The Labute approximate surface area is 161 Å². The normalized spacial score (nSPS) is 12.6. The predicted molar refractivity (Wildman–Crippen MR) is 109 cm³/mol. The lowest BCUT2D eigenvalue weighted by atomic mass is 9.86. The third-order valence-electron chi connectivity index (χ3n) is 4.39. The molecule has 1 heterocycles. The van der Waals surface area contributed by atoms with Crippen molar-refractivity contribution >= 4 is 17.6 Å². The Balaban J connectivity index is 2.10. The van der Waals surface area contributed by atoms with Crippen LogP contribution in [-0.4, -0.2) is 22.8 Å². The van der Waals surface area contributed by atoms with E-state index in [1.54, 1.807) is 18.2 Å². The number of hydrogen-bond donors (Lipinski definition) is 2. The summed E-state index contributed by atoms with van der Waals surface area (Å²) in [6.07, 6.45) is 0. The minimum atomic E-state index is -0.651. The number of anilines is 1. The fraction of sp³-hybridized carbons (Fsp3) is 0.409. The number of carbonyl (C=O) groups is 2. The predicted octanol–water partition coefficient (Wildman–Crippen LogP) is 4.08. The molecule has 2 N–H and O–H groups in total. The molecular formula is C22H29N3O2. The molecule has 0 aliphatic heterocycles. The van der Waals surface area contributed by atoms with Crippen molar-refractivity contribution in [3.8, 4) is 0 Å². The molecule has 5 heteroatoms. The van der Waals surface area contributed by atoms with Crippen LogP contribution in [0.2, 0.25) is 0 Å². The Hall–Kier alpha value is -2.69. The number of benzene rings is 1. The van der Waals surface area contributed by atoms with Crippen LogP contribution >= 0.6 is 0 Å². The van der Waals surface area contributed by atoms with Gasteiger partial charge in [-0.2, -0.15) is 0 Å². The minimum absolute atomic E-state index is 0.0240. The molecule has 0 aliphatic carbocycles. The number of aromatic nitrogens is 1. The highest BCUT2D eigenvalue weighted by Gasteiger charge is 2.25. The quantitative estimate of drug-likeness (QED) is 0.836. The Morgan fingerprint density at radius 3 is 2.15 bits per heavy atom. The molecule has 144 valence electrons. The molecule has 1 atom stereocenters. The van der Waals surface area contributed by atoms with Gasteiger partial charge >= 0.3 is 0 Å². The van der Waals surface area contributed by atoms with Crippen LogP contribution in [0.1, 0.15) is 56.2 Å². The third-order valence-corrected chi connectivity index (χ3v) is 4.39. The molecule has 2 amide bonds. The summed E-state index contributed by atoms with van der Waals surface area (Å²) in [6, 6.07) is 12.3. The van der Waals surface area contributed by atoms with E-state index in [9.17, 15) is 9.59 Å². The summed E-state index contributed by atoms with van der Waals surface area (Å²) >= 11 is 0. The van der Waals surface area contributed by atoms with Crippen molar-refractivity contribution in [3.63, 3.8) is 0 Å². The molecule has 0 saturated heterocycles. The SMILES string of the molecule is Cc1cccc(NC(=O)[C@H](NC(=O)c2ccc(C(C)(C)C)cc2)C(C)C)n1. The van der Waals surface area contributed by atoms with Gasteiger partial charge in [0.1, 0.15) is 11.9 Å². The Bertz CT molecular complexity index is 805. The molecule has 2 rings (SSSR count). The highest BCUT2D eigenvalue weighted by molar-refractivity contribution is 6.01. The summed E-state index contributed by atoms with van der Waals surface area (Å²) in [6.45, 7) is 12.0. The lowest BCUT2D eigenvalue weighted by Crippen LogP contribution is -2.47. The monoisotopic (exact) mass is 367 g/mol. The van der Waals surface area contributed by atoms with Crippen LogP contribution in [-0.2, 0) is 10.2 Å². The van der Waals surface area contributed by atoms with Gasteiger partial charge < -0.3 is 10.6 Å². The fourth-order valence-corrected chi connectivity index (χ4v) is 2.70. The maximum absolute atomic E-state index is 12.7. The fourth-order valence-electron chi connectivity index (χ4n) is 2.70. The molecule has 2 aromatic rings. The number of nitrogens with one attached hydrogen (secondary N) is 2. The van der Waals surface area contributed by atoms with Crippen LogP contribution < -0.4 is 10.6 Å². The highest BCUT2D eigenvalue weighted by Crippen LogP contribution is 2.22. The van der Waals surface area contributed by atoms with E-state index >= 15 is 0 Å². The highest BCUT2D eigenvalue weighted by atomic mass is 16.2. The van der Waals surface area contributed by atoms with Crippen LogP contribution in [0.25, 0.3) is 0 Å². The van der Waals surface area contributed by atoms with Crippen LogP contribution in [0.15, 0.2) is 42.5 Å². The van der Waals surface area contributed by atoms with Gasteiger partial charge in [-0.3, -0.25) is 9.59 Å². The van der Waals surface area contributed by atoms with Gasteiger partial charge in [0.15, 0.2) is 0 Å². The molecule has 0 fully saturated rings. The molecule has 5 nitrogen and oxygen atoms in total. The summed E-state index contributed by atoms with van der Waals surface area (Å²) in [5.41, 5.74) is 2.53. The Kier molecular flexibility index (Phi) is 6.37. The zero-order valence-electron chi connectivity index (χ0n) is 17.0. The number of amides is 2. The molecular weight excluding hydrogens is 338 g/mol. The van der Waals surface area contributed by atoms with Crippen molar-refractivity contribution in [1.82, 2.24) is 10.3 Å². The zero-order chi connectivity index (χ0) is 20.2. The van der Waals surface area contributed by atoms with Crippen molar-refractivity contribution in [2.75, 3.05) is 5.32 Å². The maximum atomic E-state index is 12.7. The molecule has 27 heavy (non-hydrogen) atoms. The van der Waals surface area contributed by atoms with Crippen molar-refractivity contribution in [1.29, 1.82) is 0 Å². The first-order valence-corrected chi connectivity index (χ1v) is 9.24. The zero-order valence-corrected chi connectivity index (χ0v) is 17.0. The van der Waals surface area contributed by atoms with E-state index in [2.05, 4.69) is 36.4 Å². The molecule has 1 aromatic carbocycles. The van der Waals surface area contributed by atoms with E-state index in [-0.39, 0.29) is 23.1 Å². The van der Waals surface area contributed by atoms with Crippen molar-refractivity contribution in [2.45, 2.75) is 53.0 Å². The van der Waals surface area contributed by atoms with Gasteiger partial charge in [-0.25, -0.2) is 4.98 Å². The second-order valence-corrected chi connectivity index (χ2v) is 8.18. The lowest BCUT2D eigenvalue weighted by Gasteiger charge is -2.22. The van der Waals surface area contributed by atoms with Gasteiger partial charge in [-0.1, -0.05) is 52.8 Å². The Morgan fingerprint density at radius 2 is 1.63 bits per heavy atom. The second-order valence-electron chi connectivity index (χ2n) is 8.18. The lowest BCUT2D eigenvalue weighted by molar-refractivity contribution is -0.118. The van der Waals surface area contributed by atoms with Crippen molar-refractivity contribution in [3.05, 3.63) is 59.3 Å². The first-order chi connectivity index (χ1) is 12.6. The molecule has 1 aromatic heterocycles. The second kappa shape index (κ2) is 8.33. The summed E-state index contributed by atoms with van der Waals surface area (Å²) in [7, 11) is 0.